The summed E-state index contributed by atoms with van der Waals surface area (Å²) in [4.78, 5) is 0. The number of unbranched alkanes of at least 4 members (excludes halogenated alkanes) is 3. The van der Waals surface area contributed by atoms with E-state index in [9.17, 15) is 0 Å². The van der Waals surface area contributed by atoms with Crippen molar-refractivity contribution in [3.63, 3.8) is 0 Å². The molecule has 15 heavy (non-hydrogen) atoms. The maximum absolute atomic E-state index is 5.90. The summed E-state index contributed by atoms with van der Waals surface area (Å²) in [6.07, 6.45) is 11.9. The monoisotopic (exact) mass is 211 g/mol. The third kappa shape index (κ3) is 5.95. The van der Waals surface area contributed by atoms with Crippen molar-refractivity contribution in [2.45, 2.75) is 63.5 Å². The van der Waals surface area contributed by atoms with Crippen LogP contribution in [0.15, 0.2) is 12.7 Å². The number of allylic oxidation sites excluding steroid dienone is 1. The highest BCUT2D eigenvalue weighted by molar-refractivity contribution is 4.75. The van der Waals surface area contributed by atoms with Crippen molar-refractivity contribution in [1.82, 2.24) is 0 Å². The van der Waals surface area contributed by atoms with Crippen molar-refractivity contribution in [1.29, 1.82) is 0 Å². The predicted octanol–water partition coefficient (Wildman–Crippen LogP) is 3.02. The van der Waals surface area contributed by atoms with Gasteiger partial charge in [-0.1, -0.05) is 12.5 Å². The molecule has 0 saturated heterocycles. The first-order valence-corrected chi connectivity index (χ1v) is 6.31. The number of ether oxygens (including phenoxy) is 1. The normalized spacial score (nSPS) is 26.5. The highest BCUT2D eigenvalue weighted by Gasteiger charge is 2.18. The van der Waals surface area contributed by atoms with Crippen LogP contribution < -0.4 is 5.73 Å². The van der Waals surface area contributed by atoms with Crippen LogP contribution in [0.25, 0.3) is 0 Å². The lowest BCUT2D eigenvalue weighted by Gasteiger charge is -2.26. The van der Waals surface area contributed by atoms with E-state index in [1.54, 1.807) is 0 Å². The fourth-order valence-corrected chi connectivity index (χ4v) is 2.15. The zero-order chi connectivity index (χ0) is 10.9. The van der Waals surface area contributed by atoms with Crippen LogP contribution in [-0.2, 0) is 4.74 Å². The summed E-state index contributed by atoms with van der Waals surface area (Å²) < 4.78 is 5.83. The van der Waals surface area contributed by atoms with Gasteiger partial charge in [0.25, 0.3) is 0 Å². The van der Waals surface area contributed by atoms with Crippen LogP contribution >= 0.6 is 0 Å². The van der Waals surface area contributed by atoms with Crippen LogP contribution in [-0.4, -0.2) is 18.8 Å². The standard InChI is InChI=1S/C13H25NO/c1-2-3-4-5-6-10-15-13-9-7-8-12(14)11-13/h2,12-13H,1,3-11,14H2. The molecule has 2 heteroatoms. The summed E-state index contributed by atoms with van der Waals surface area (Å²) in [6, 6.07) is 0.379. The molecule has 1 aliphatic carbocycles. The quantitative estimate of drug-likeness (QED) is 0.519. The van der Waals surface area contributed by atoms with E-state index in [2.05, 4.69) is 6.58 Å². The largest absolute Gasteiger partial charge is 0.378 e. The van der Waals surface area contributed by atoms with E-state index in [0.717, 1.165) is 19.4 Å². The van der Waals surface area contributed by atoms with Gasteiger partial charge in [-0.25, -0.2) is 0 Å². The molecule has 88 valence electrons. The molecule has 0 aromatic heterocycles. The molecular weight excluding hydrogens is 186 g/mol. The van der Waals surface area contributed by atoms with Crippen LogP contribution in [0.2, 0.25) is 0 Å². The molecule has 1 fully saturated rings. The van der Waals surface area contributed by atoms with E-state index in [1.165, 1.54) is 38.5 Å². The van der Waals surface area contributed by atoms with Crippen LogP contribution in [0.3, 0.4) is 0 Å². The summed E-state index contributed by atoms with van der Waals surface area (Å²) in [5, 5.41) is 0. The van der Waals surface area contributed by atoms with Crippen molar-refractivity contribution in [3.8, 4) is 0 Å². The summed E-state index contributed by atoms with van der Waals surface area (Å²) >= 11 is 0. The lowest BCUT2D eigenvalue weighted by molar-refractivity contribution is 0.0216. The molecule has 1 aliphatic rings. The third-order valence-electron chi connectivity index (χ3n) is 3.07. The maximum Gasteiger partial charge on any atom is 0.0589 e. The fourth-order valence-electron chi connectivity index (χ4n) is 2.15. The number of hydrogen-bond donors (Lipinski definition) is 1. The van der Waals surface area contributed by atoms with Crippen molar-refractivity contribution < 1.29 is 4.74 Å². The lowest BCUT2D eigenvalue weighted by atomic mass is 9.93. The highest BCUT2D eigenvalue weighted by atomic mass is 16.5. The Labute approximate surface area is 93.9 Å². The number of nitrogens with two attached hydrogens (primary N) is 1. The SMILES string of the molecule is C=CCCCCCOC1CCCC(N)C1. The molecule has 1 rings (SSSR count). The Balaban J connectivity index is 1.92. The van der Waals surface area contributed by atoms with Crippen molar-refractivity contribution in [2.75, 3.05) is 6.61 Å². The average Bonchev–Trinajstić information content (AvgIpc) is 2.23. The molecule has 2 nitrogen and oxygen atoms in total. The first-order valence-electron chi connectivity index (χ1n) is 6.31. The minimum atomic E-state index is 0.379. The van der Waals surface area contributed by atoms with E-state index in [4.69, 9.17) is 10.5 Å². The minimum Gasteiger partial charge on any atom is -0.378 e. The van der Waals surface area contributed by atoms with Gasteiger partial charge in [-0.15, -0.1) is 6.58 Å². The third-order valence-corrected chi connectivity index (χ3v) is 3.07. The number of rotatable bonds is 7. The van der Waals surface area contributed by atoms with Gasteiger partial charge in [-0.3, -0.25) is 0 Å². The zero-order valence-corrected chi connectivity index (χ0v) is 9.79. The molecule has 0 spiro atoms. The van der Waals surface area contributed by atoms with Crippen LogP contribution in [0.5, 0.6) is 0 Å². The first-order chi connectivity index (χ1) is 7.33. The molecule has 2 atom stereocenters. The summed E-state index contributed by atoms with van der Waals surface area (Å²) in [7, 11) is 0. The molecular formula is C13H25NO. The van der Waals surface area contributed by atoms with Crippen LogP contribution in [0.4, 0.5) is 0 Å². The zero-order valence-electron chi connectivity index (χ0n) is 9.79. The minimum absolute atomic E-state index is 0.379. The Kier molecular flexibility index (Phi) is 6.69. The van der Waals surface area contributed by atoms with E-state index >= 15 is 0 Å². The van der Waals surface area contributed by atoms with Crippen molar-refractivity contribution >= 4 is 0 Å². The molecule has 0 bridgehead atoms. The Bertz CT molecular complexity index is 170. The average molecular weight is 211 g/mol. The molecule has 0 radical (unpaired) electrons. The summed E-state index contributed by atoms with van der Waals surface area (Å²) in [6.45, 7) is 4.63. The molecule has 0 aliphatic heterocycles. The van der Waals surface area contributed by atoms with Crippen LogP contribution in [0, 0.1) is 0 Å². The van der Waals surface area contributed by atoms with Gasteiger partial charge in [0.05, 0.1) is 6.10 Å². The van der Waals surface area contributed by atoms with Gasteiger partial charge >= 0.3 is 0 Å². The Morgan fingerprint density at radius 2 is 2.13 bits per heavy atom. The predicted molar refractivity (Wildman–Crippen MR) is 64.8 cm³/mol. The molecule has 0 aromatic carbocycles. The highest BCUT2D eigenvalue weighted by Crippen LogP contribution is 2.20. The van der Waals surface area contributed by atoms with Crippen molar-refractivity contribution in [3.05, 3.63) is 12.7 Å². The smallest absolute Gasteiger partial charge is 0.0589 e. The van der Waals surface area contributed by atoms with Gasteiger partial charge in [-0.2, -0.15) is 0 Å². The molecule has 0 amide bonds. The second kappa shape index (κ2) is 7.89. The van der Waals surface area contributed by atoms with Gasteiger partial charge in [-0.05, 0) is 44.9 Å². The fraction of sp³-hybridized carbons (Fsp3) is 0.846. The van der Waals surface area contributed by atoms with E-state index in [-0.39, 0.29) is 0 Å². The molecule has 2 N–H and O–H groups in total. The number of hydrogen-bond acceptors (Lipinski definition) is 2. The van der Waals surface area contributed by atoms with E-state index in [0.29, 0.717) is 12.1 Å². The molecule has 2 unspecified atom stereocenters. The van der Waals surface area contributed by atoms with Crippen LogP contribution in [0.1, 0.15) is 51.4 Å². The van der Waals surface area contributed by atoms with Gasteiger partial charge < -0.3 is 10.5 Å². The first kappa shape index (κ1) is 12.7. The van der Waals surface area contributed by atoms with E-state index < -0.39 is 0 Å². The molecule has 0 heterocycles. The van der Waals surface area contributed by atoms with Crippen molar-refractivity contribution in [2.24, 2.45) is 5.73 Å². The Hall–Kier alpha value is -0.340. The molecule has 0 aromatic rings. The van der Waals surface area contributed by atoms with Gasteiger partial charge in [0.15, 0.2) is 0 Å². The maximum atomic E-state index is 5.90. The summed E-state index contributed by atoms with van der Waals surface area (Å²) in [5.41, 5.74) is 5.90. The Morgan fingerprint density at radius 1 is 1.27 bits per heavy atom. The second-order valence-electron chi connectivity index (χ2n) is 4.56. The summed E-state index contributed by atoms with van der Waals surface area (Å²) in [5.74, 6) is 0. The van der Waals surface area contributed by atoms with Gasteiger partial charge in [0.1, 0.15) is 0 Å². The molecule has 1 saturated carbocycles. The van der Waals surface area contributed by atoms with Gasteiger partial charge in [0.2, 0.25) is 0 Å². The van der Waals surface area contributed by atoms with Gasteiger partial charge in [0, 0.05) is 12.6 Å². The topological polar surface area (TPSA) is 35.2 Å². The Morgan fingerprint density at radius 3 is 2.87 bits per heavy atom. The van der Waals surface area contributed by atoms with E-state index in [1.807, 2.05) is 6.08 Å². The lowest BCUT2D eigenvalue weighted by Crippen LogP contribution is -2.32. The second-order valence-corrected chi connectivity index (χ2v) is 4.56.